The molecule has 3 aromatic rings. The van der Waals surface area contributed by atoms with Crippen molar-refractivity contribution in [3.63, 3.8) is 0 Å². The Kier molecular flexibility index (Phi) is 4.06. The van der Waals surface area contributed by atoms with Gasteiger partial charge in [0.05, 0.1) is 12.3 Å². The summed E-state index contributed by atoms with van der Waals surface area (Å²) in [6, 6.07) is 13.5. The van der Waals surface area contributed by atoms with Gasteiger partial charge in [-0.25, -0.2) is 4.98 Å². The molecule has 114 valence electrons. The minimum atomic E-state index is -0.567. The number of rotatable bonds is 5. The van der Waals surface area contributed by atoms with Crippen LogP contribution < -0.4 is 5.32 Å². The number of fused-ring (bicyclic) bond motifs is 1. The summed E-state index contributed by atoms with van der Waals surface area (Å²) in [5.41, 5.74) is 2.71. The van der Waals surface area contributed by atoms with Gasteiger partial charge in [0.2, 0.25) is 0 Å². The summed E-state index contributed by atoms with van der Waals surface area (Å²) < 4.78 is 1.75. The van der Waals surface area contributed by atoms with E-state index in [1.807, 2.05) is 42.5 Å². The average Bonchev–Trinajstić information content (AvgIpc) is 3.01. The van der Waals surface area contributed by atoms with E-state index >= 15 is 0 Å². The van der Waals surface area contributed by atoms with Gasteiger partial charge in [-0.1, -0.05) is 44.2 Å². The minimum absolute atomic E-state index is 0.333. The zero-order valence-corrected chi connectivity index (χ0v) is 12.8. The molecule has 0 aliphatic rings. The van der Waals surface area contributed by atoms with E-state index in [1.54, 1.807) is 10.7 Å². The van der Waals surface area contributed by atoms with Crippen molar-refractivity contribution in [2.45, 2.75) is 25.9 Å². The van der Waals surface area contributed by atoms with Crippen LogP contribution in [0.4, 0.5) is 5.82 Å². The normalized spacial score (nSPS) is 12.7. The molecular weight excluding hydrogens is 276 g/mol. The van der Waals surface area contributed by atoms with E-state index in [2.05, 4.69) is 29.2 Å². The molecule has 2 heterocycles. The highest BCUT2D eigenvalue weighted by Gasteiger charge is 2.11. The van der Waals surface area contributed by atoms with E-state index in [9.17, 15) is 5.11 Å². The minimum Gasteiger partial charge on any atom is -0.387 e. The van der Waals surface area contributed by atoms with Crippen molar-refractivity contribution in [3.05, 3.63) is 59.9 Å². The predicted octanol–water partition coefficient (Wildman–Crippen LogP) is 3.00. The van der Waals surface area contributed by atoms with E-state index < -0.39 is 6.10 Å². The van der Waals surface area contributed by atoms with Gasteiger partial charge in [-0.05, 0) is 11.5 Å². The van der Waals surface area contributed by atoms with Gasteiger partial charge in [0, 0.05) is 24.4 Å². The fourth-order valence-corrected chi connectivity index (χ4v) is 2.35. The Labute approximate surface area is 129 Å². The summed E-state index contributed by atoms with van der Waals surface area (Å²) in [6.07, 6.45) is 1.16. The lowest BCUT2D eigenvalue weighted by atomic mass is 10.1. The maximum Gasteiger partial charge on any atom is 0.157 e. The van der Waals surface area contributed by atoms with E-state index in [1.165, 1.54) is 0 Å². The number of benzene rings is 1. The molecule has 0 unspecified atom stereocenters. The smallest absolute Gasteiger partial charge is 0.157 e. The van der Waals surface area contributed by atoms with E-state index in [0.717, 1.165) is 22.7 Å². The van der Waals surface area contributed by atoms with Crippen molar-refractivity contribution in [2.24, 2.45) is 0 Å². The fourth-order valence-electron chi connectivity index (χ4n) is 2.35. The summed E-state index contributed by atoms with van der Waals surface area (Å²) in [7, 11) is 0. The molecule has 22 heavy (non-hydrogen) atoms. The van der Waals surface area contributed by atoms with Gasteiger partial charge >= 0.3 is 0 Å². The first-order valence-corrected chi connectivity index (χ1v) is 7.46. The number of hydrogen-bond donors (Lipinski definition) is 2. The summed E-state index contributed by atoms with van der Waals surface area (Å²) >= 11 is 0. The molecule has 3 rings (SSSR count). The van der Waals surface area contributed by atoms with Crippen molar-refractivity contribution in [2.75, 3.05) is 11.9 Å². The van der Waals surface area contributed by atoms with Crippen LogP contribution in [0.5, 0.6) is 0 Å². The molecule has 0 aliphatic heterocycles. The fraction of sp³-hybridized carbons (Fsp3) is 0.294. The third-order valence-electron chi connectivity index (χ3n) is 3.63. The number of nitrogens with one attached hydrogen (secondary N) is 1. The maximum atomic E-state index is 10.3. The van der Waals surface area contributed by atoms with Gasteiger partial charge in [-0.3, -0.25) is 0 Å². The number of hydrogen-bond acceptors (Lipinski definition) is 4. The van der Waals surface area contributed by atoms with Crippen LogP contribution in [-0.4, -0.2) is 26.2 Å². The van der Waals surface area contributed by atoms with Crippen molar-refractivity contribution >= 4 is 11.5 Å². The van der Waals surface area contributed by atoms with Crippen LogP contribution >= 0.6 is 0 Å². The first-order valence-electron chi connectivity index (χ1n) is 7.46. The Morgan fingerprint density at radius 2 is 1.95 bits per heavy atom. The molecule has 1 aromatic carbocycles. The van der Waals surface area contributed by atoms with Gasteiger partial charge in [-0.15, -0.1) is 0 Å². The van der Waals surface area contributed by atoms with Crippen LogP contribution in [0.25, 0.3) is 5.65 Å². The molecule has 0 bridgehead atoms. The first-order chi connectivity index (χ1) is 10.6. The molecule has 0 saturated carbocycles. The SMILES string of the molecule is CC(C)c1cc(NC[C@H](O)c2ccccc2)n2nccc2n1. The monoisotopic (exact) mass is 296 g/mol. The zero-order valence-electron chi connectivity index (χ0n) is 12.8. The standard InChI is InChI=1S/C17H20N4O/c1-12(2)14-10-17(21-16(20-14)8-9-19-21)18-11-15(22)13-6-4-3-5-7-13/h3-10,12,15,18,22H,11H2,1-2H3/t15-/m0/s1. The second-order valence-corrected chi connectivity index (χ2v) is 5.63. The molecule has 2 aromatic heterocycles. The van der Waals surface area contributed by atoms with Crippen LogP contribution in [0.2, 0.25) is 0 Å². The zero-order chi connectivity index (χ0) is 15.5. The Morgan fingerprint density at radius 1 is 1.18 bits per heavy atom. The average molecular weight is 296 g/mol. The number of anilines is 1. The van der Waals surface area contributed by atoms with E-state index in [-0.39, 0.29) is 0 Å². The molecule has 1 atom stereocenters. The number of nitrogens with zero attached hydrogens (tertiary/aromatic N) is 3. The van der Waals surface area contributed by atoms with Gasteiger partial charge in [0.25, 0.3) is 0 Å². The molecule has 0 aliphatic carbocycles. The van der Waals surface area contributed by atoms with Crippen LogP contribution in [0, 0.1) is 0 Å². The number of aliphatic hydroxyl groups is 1. The van der Waals surface area contributed by atoms with E-state index in [4.69, 9.17) is 0 Å². The van der Waals surface area contributed by atoms with Gasteiger partial charge in [0.15, 0.2) is 5.65 Å². The van der Waals surface area contributed by atoms with Crippen LogP contribution in [0.15, 0.2) is 48.7 Å². The Morgan fingerprint density at radius 3 is 2.68 bits per heavy atom. The van der Waals surface area contributed by atoms with Crippen LogP contribution in [0.3, 0.4) is 0 Å². The Bertz CT molecular complexity index is 752. The van der Waals surface area contributed by atoms with E-state index in [0.29, 0.717) is 12.5 Å². The lowest BCUT2D eigenvalue weighted by Crippen LogP contribution is -2.15. The highest BCUT2D eigenvalue weighted by molar-refractivity contribution is 5.49. The molecule has 0 amide bonds. The number of aliphatic hydroxyl groups excluding tert-OH is 1. The molecule has 5 heteroatoms. The summed E-state index contributed by atoms with van der Waals surface area (Å²) in [5.74, 6) is 1.17. The highest BCUT2D eigenvalue weighted by Crippen LogP contribution is 2.20. The van der Waals surface area contributed by atoms with Crippen molar-refractivity contribution in [3.8, 4) is 0 Å². The maximum absolute atomic E-state index is 10.3. The van der Waals surface area contributed by atoms with Gasteiger partial charge in [-0.2, -0.15) is 9.61 Å². The quantitative estimate of drug-likeness (QED) is 0.760. The molecule has 5 nitrogen and oxygen atoms in total. The third-order valence-corrected chi connectivity index (χ3v) is 3.63. The number of aromatic nitrogens is 3. The third kappa shape index (κ3) is 2.94. The Balaban J connectivity index is 1.82. The second-order valence-electron chi connectivity index (χ2n) is 5.63. The first kappa shape index (κ1) is 14.5. The second kappa shape index (κ2) is 6.15. The lowest BCUT2D eigenvalue weighted by molar-refractivity contribution is 0.191. The van der Waals surface area contributed by atoms with Crippen molar-refractivity contribution < 1.29 is 5.11 Å². The molecular formula is C17H20N4O. The summed E-state index contributed by atoms with van der Waals surface area (Å²) in [4.78, 5) is 4.58. The molecule has 0 radical (unpaired) electrons. The summed E-state index contributed by atoms with van der Waals surface area (Å²) in [6.45, 7) is 4.64. The molecule has 0 fully saturated rings. The topological polar surface area (TPSA) is 62.5 Å². The van der Waals surface area contributed by atoms with Gasteiger partial charge in [0.1, 0.15) is 5.82 Å². The van der Waals surface area contributed by atoms with Crippen molar-refractivity contribution in [1.82, 2.24) is 14.6 Å². The largest absolute Gasteiger partial charge is 0.387 e. The van der Waals surface area contributed by atoms with Crippen LogP contribution in [-0.2, 0) is 0 Å². The van der Waals surface area contributed by atoms with Gasteiger partial charge < -0.3 is 10.4 Å². The summed E-state index contributed by atoms with van der Waals surface area (Å²) in [5, 5.41) is 17.8. The van der Waals surface area contributed by atoms with Crippen LogP contribution in [0.1, 0.15) is 37.1 Å². The molecule has 0 spiro atoms. The predicted molar refractivity (Wildman–Crippen MR) is 87.0 cm³/mol. The molecule has 0 saturated heterocycles. The Hall–Kier alpha value is -2.40. The van der Waals surface area contributed by atoms with Crippen molar-refractivity contribution in [1.29, 1.82) is 0 Å². The highest BCUT2D eigenvalue weighted by atomic mass is 16.3. The molecule has 2 N–H and O–H groups in total. The lowest BCUT2D eigenvalue weighted by Gasteiger charge is -2.15.